The van der Waals surface area contributed by atoms with Gasteiger partial charge in [0.25, 0.3) is 0 Å². The predicted molar refractivity (Wildman–Crippen MR) is 70.5 cm³/mol. The van der Waals surface area contributed by atoms with Crippen molar-refractivity contribution in [2.75, 3.05) is 18.4 Å². The summed E-state index contributed by atoms with van der Waals surface area (Å²) in [6.07, 6.45) is -4.55. The van der Waals surface area contributed by atoms with Crippen LogP contribution in [0.1, 0.15) is 5.56 Å². The van der Waals surface area contributed by atoms with E-state index in [0.717, 1.165) is 0 Å². The quantitative estimate of drug-likeness (QED) is 0.732. The second-order valence-electron chi connectivity index (χ2n) is 3.88. The Balaban J connectivity index is 2.87. The maximum Gasteiger partial charge on any atom is 0.402 e. The van der Waals surface area contributed by atoms with Gasteiger partial charge >= 0.3 is 6.18 Å². The molecular weight excluding hydrogens is 347 g/mol. The fraction of sp³-hybridized carbons (Fsp3) is 0.455. The van der Waals surface area contributed by atoms with Gasteiger partial charge in [0.1, 0.15) is 6.54 Å². The number of rotatable bonds is 6. The third-order valence-electron chi connectivity index (χ3n) is 2.27. The molecule has 0 aromatic heterocycles. The van der Waals surface area contributed by atoms with Gasteiger partial charge in [-0.05, 0) is 5.56 Å². The number of benzene rings is 1. The summed E-state index contributed by atoms with van der Waals surface area (Å²) in [5.41, 5.74) is 0.462. The molecule has 0 saturated carbocycles. The van der Waals surface area contributed by atoms with Crippen LogP contribution >= 0.6 is 15.9 Å². The van der Waals surface area contributed by atoms with E-state index in [1.807, 2.05) is 0 Å². The molecule has 3 nitrogen and oxygen atoms in total. The minimum Gasteiger partial charge on any atom is -0.212 e. The molecule has 0 aliphatic carbocycles. The number of sulfonamides is 1. The van der Waals surface area contributed by atoms with E-state index in [9.17, 15) is 21.6 Å². The Bertz CT molecular complexity index is 490. The summed E-state index contributed by atoms with van der Waals surface area (Å²) in [4.78, 5) is 0. The van der Waals surface area contributed by atoms with Crippen molar-refractivity contribution >= 4 is 26.0 Å². The van der Waals surface area contributed by atoms with Crippen molar-refractivity contribution in [1.29, 1.82) is 0 Å². The Morgan fingerprint density at radius 3 is 2.21 bits per heavy atom. The number of hydrogen-bond donors (Lipinski definition) is 0. The molecule has 0 atom stereocenters. The molecule has 108 valence electrons. The van der Waals surface area contributed by atoms with Gasteiger partial charge in [-0.25, -0.2) is 8.42 Å². The predicted octanol–water partition coefficient (Wildman–Crippen LogP) is 2.78. The molecule has 1 aromatic rings. The Morgan fingerprint density at radius 1 is 1.16 bits per heavy atom. The third-order valence-corrected chi connectivity index (χ3v) is 4.43. The van der Waals surface area contributed by atoms with Crippen molar-refractivity contribution in [3.8, 4) is 0 Å². The van der Waals surface area contributed by atoms with Gasteiger partial charge in [0, 0.05) is 11.9 Å². The molecule has 1 rings (SSSR count). The first-order valence-corrected chi connectivity index (χ1v) is 8.12. The molecule has 0 fully saturated rings. The molecule has 0 radical (unpaired) electrons. The van der Waals surface area contributed by atoms with E-state index in [1.54, 1.807) is 30.3 Å². The summed E-state index contributed by atoms with van der Waals surface area (Å²) in [6, 6.07) is 8.13. The first-order valence-electron chi connectivity index (χ1n) is 5.39. The topological polar surface area (TPSA) is 37.4 Å². The van der Waals surface area contributed by atoms with Crippen LogP contribution in [0.3, 0.4) is 0 Å². The van der Waals surface area contributed by atoms with E-state index in [1.165, 1.54) is 0 Å². The highest BCUT2D eigenvalue weighted by Crippen LogP contribution is 2.20. The Hall–Kier alpha value is -0.600. The van der Waals surface area contributed by atoms with Gasteiger partial charge in [0.2, 0.25) is 10.0 Å². The molecule has 19 heavy (non-hydrogen) atoms. The van der Waals surface area contributed by atoms with Gasteiger partial charge < -0.3 is 0 Å². The highest BCUT2D eigenvalue weighted by molar-refractivity contribution is 9.09. The first kappa shape index (κ1) is 16.5. The minimum atomic E-state index is -4.55. The van der Waals surface area contributed by atoms with Gasteiger partial charge in [0.05, 0.1) is 5.75 Å². The standard InChI is InChI=1S/C11H13BrF3NO2S/c12-6-7-16(9-11(13,14)15)19(17,18)8-10-4-2-1-3-5-10/h1-5H,6-9H2. The fourth-order valence-corrected chi connectivity index (χ4v) is 3.66. The van der Waals surface area contributed by atoms with Crippen molar-refractivity contribution in [1.82, 2.24) is 4.31 Å². The van der Waals surface area contributed by atoms with Crippen LogP contribution in [-0.4, -0.2) is 37.3 Å². The Morgan fingerprint density at radius 2 is 1.74 bits per heavy atom. The van der Waals surface area contributed by atoms with E-state index in [-0.39, 0.29) is 11.9 Å². The number of hydrogen-bond acceptors (Lipinski definition) is 2. The van der Waals surface area contributed by atoms with Gasteiger partial charge in [-0.1, -0.05) is 46.3 Å². The summed E-state index contributed by atoms with van der Waals surface area (Å²) in [7, 11) is -3.99. The van der Waals surface area contributed by atoms with Crippen LogP contribution in [0.5, 0.6) is 0 Å². The van der Waals surface area contributed by atoms with Gasteiger partial charge in [-0.15, -0.1) is 0 Å². The molecule has 0 N–H and O–H groups in total. The molecule has 8 heteroatoms. The maximum atomic E-state index is 12.4. The maximum absolute atomic E-state index is 12.4. The van der Waals surface area contributed by atoms with Gasteiger partial charge in [-0.3, -0.25) is 0 Å². The van der Waals surface area contributed by atoms with E-state index >= 15 is 0 Å². The lowest BCUT2D eigenvalue weighted by Crippen LogP contribution is -2.40. The lowest BCUT2D eigenvalue weighted by atomic mass is 10.2. The molecule has 0 saturated heterocycles. The van der Waals surface area contributed by atoms with Crippen LogP contribution in [0.25, 0.3) is 0 Å². The van der Waals surface area contributed by atoms with Crippen LogP contribution < -0.4 is 0 Å². The van der Waals surface area contributed by atoms with E-state index in [4.69, 9.17) is 0 Å². The summed E-state index contributed by atoms with van der Waals surface area (Å²) in [5.74, 6) is -0.434. The number of halogens is 4. The molecule has 0 amide bonds. The highest BCUT2D eigenvalue weighted by atomic mass is 79.9. The number of nitrogens with zero attached hydrogens (tertiary/aromatic N) is 1. The molecule has 0 spiro atoms. The molecule has 0 bridgehead atoms. The zero-order chi connectivity index (χ0) is 14.5. The summed E-state index contributed by atoms with van der Waals surface area (Å²) in [5, 5.41) is 0.150. The normalized spacial score (nSPS) is 12.9. The van der Waals surface area contributed by atoms with Crippen LogP contribution in [0.2, 0.25) is 0 Å². The second-order valence-corrected chi connectivity index (χ2v) is 6.64. The fourth-order valence-electron chi connectivity index (χ4n) is 1.49. The molecule has 0 unspecified atom stereocenters. The SMILES string of the molecule is O=S(=O)(Cc1ccccc1)N(CCBr)CC(F)(F)F. The molecular formula is C11H13BrF3NO2S. The summed E-state index contributed by atoms with van der Waals surface area (Å²) in [6.45, 7) is -1.68. The van der Waals surface area contributed by atoms with Crippen molar-refractivity contribution in [3.05, 3.63) is 35.9 Å². The highest BCUT2D eigenvalue weighted by Gasteiger charge is 2.35. The lowest BCUT2D eigenvalue weighted by molar-refractivity contribution is -0.135. The van der Waals surface area contributed by atoms with Gasteiger partial charge in [0.15, 0.2) is 0 Å². The van der Waals surface area contributed by atoms with Crippen molar-refractivity contribution < 1.29 is 21.6 Å². The monoisotopic (exact) mass is 359 g/mol. The van der Waals surface area contributed by atoms with E-state index in [2.05, 4.69) is 15.9 Å². The molecule has 0 aliphatic heterocycles. The van der Waals surface area contributed by atoms with E-state index in [0.29, 0.717) is 9.87 Å². The van der Waals surface area contributed by atoms with Gasteiger partial charge in [-0.2, -0.15) is 17.5 Å². The van der Waals surface area contributed by atoms with Crippen LogP contribution in [0.4, 0.5) is 13.2 Å². The van der Waals surface area contributed by atoms with E-state index < -0.39 is 28.5 Å². The molecule has 0 heterocycles. The average Bonchev–Trinajstić information content (AvgIpc) is 2.27. The zero-order valence-electron chi connectivity index (χ0n) is 9.90. The minimum absolute atomic E-state index is 0.150. The van der Waals surface area contributed by atoms with Crippen LogP contribution in [0.15, 0.2) is 30.3 Å². The van der Waals surface area contributed by atoms with Crippen LogP contribution in [-0.2, 0) is 15.8 Å². The smallest absolute Gasteiger partial charge is 0.212 e. The van der Waals surface area contributed by atoms with Crippen molar-refractivity contribution in [2.45, 2.75) is 11.9 Å². The third kappa shape index (κ3) is 5.92. The second kappa shape index (κ2) is 6.71. The molecule has 1 aromatic carbocycles. The summed E-state index contributed by atoms with van der Waals surface area (Å²) < 4.78 is 61.5. The molecule has 0 aliphatic rings. The summed E-state index contributed by atoms with van der Waals surface area (Å²) >= 11 is 2.96. The Kier molecular flexibility index (Phi) is 5.82. The Labute approximate surface area is 118 Å². The number of alkyl halides is 4. The largest absolute Gasteiger partial charge is 0.402 e. The zero-order valence-corrected chi connectivity index (χ0v) is 12.3. The van der Waals surface area contributed by atoms with Crippen LogP contribution in [0, 0.1) is 0 Å². The van der Waals surface area contributed by atoms with Crippen molar-refractivity contribution in [3.63, 3.8) is 0 Å². The van der Waals surface area contributed by atoms with Crippen molar-refractivity contribution in [2.24, 2.45) is 0 Å². The average molecular weight is 360 g/mol. The lowest BCUT2D eigenvalue weighted by Gasteiger charge is -2.22. The first-order chi connectivity index (χ1) is 8.74.